The minimum atomic E-state index is -0.518. The first-order chi connectivity index (χ1) is 18.4. The zero-order chi connectivity index (χ0) is 26.6. The number of benzene rings is 2. The first kappa shape index (κ1) is 26.9. The highest BCUT2D eigenvalue weighted by Gasteiger charge is 2.41. The van der Waals surface area contributed by atoms with Gasteiger partial charge in [0, 0.05) is 12.0 Å². The van der Waals surface area contributed by atoms with Gasteiger partial charge in [-0.05, 0) is 87.1 Å². The molecule has 0 aromatic heterocycles. The molecule has 2 bridgehead atoms. The van der Waals surface area contributed by atoms with Crippen LogP contribution in [-0.2, 0) is 17.6 Å². The molecule has 2 unspecified atom stereocenters. The number of Topliss-reactive ketones (excluding diaryl/α,β-unsaturated/α-hetero) is 1. The van der Waals surface area contributed by atoms with E-state index in [0.29, 0.717) is 68.3 Å². The summed E-state index contributed by atoms with van der Waals surface area (Å²) >= 11 is 0. The molecule has 2 aromatic rings. The number of amides is 1. The number of aliphatic hydroxyl groups is 2. The first-order valence-corrected chi connectivity index (χ1v) is 14.1. The SMILES string of the molecule is CCOc1cc(C(=O)N2C3COCC2CC(O)C3)ccc1C(=O)CC[C@@H](O)CCC1Cc2ccccc2C1. The summed E-state index contributed by atoms with van der Waals surface area (Å²) in [6.45, 7) is 3.06. The number of ether oxygens (including phenoxy) is 2. The van der Waals surface area contributed by atoms with E-state index < -0.39 is 12.2 Å². The third-order valence-electron chi connectivity index (χ3n) is 8.31. The molecule has 5 rings (SSSR count). The lowest BCUT2D eigenvalue weighted by Gasteiger charge is -2.47. The van der Waals surface area contributed by atoms with Gasteiger partial charge in [0.1, 0.15) is 5.75 Å². The Morgan fingerprint density at radius 1 is 1.05 bits per heavy atom. The lowest BCUT2D eigenvalue weighted by molar-refractivity contribution is -0.0871. The number of rotatable bonds is 10. The zero-order valence-corrected chi connectivity index (χ0v) is 22.2. The second-order valence-electron chi connectivity index (χ2n) is 11.1. The molecule has 204 valence electrons. The highest BCUT2D eigenvalue weighted by molar-refractivity contribution is 6.01. The van der Waals surface area contributed by atoms with Crippen LogP contribution in [-0.4, -0.2) is 70.9 Å². The molecule has 38 heavy (non-hydrogen) atoms. The van der Waals surface area contributed by atoms with Crippen molar-refractivity contribution in [1.82, 2.24) is 4.90 Å². The Hall–Kier alpha value is -2.74. The minimum Gasteiger partial charge on any atom is -0.493 e. The number of carbonyl (C=O) groups excluding carboxylic acids is 2. The maximum absolute atomic E-state index is 13.4. The van der Waals surface area contributed by atoms with E-state index in [1.807, 2.05) is 11.8 Å². The van der Waals surface area contributed by atoms with Crippen LogP contribution >= 0.6 is 0 Å². The predicted molar refractivity (Wildman–Crippen MR) is 144 cm³/mol. The Kier molecular flexibility index (Phi) is 8.46. The minimum absolute atomic E-state index is 0.0915. The van der Waals surface area contributed by atoms with E-state index in [2.05, 4.69) is 24.3 Å². The van der Waals surface area contributed by atoms with Crippen LogP contribution in [0.4, 0.5) is 0 Å². The number of hydrogen-bond donors (Lipinski definition) is 2. The van der Waals surface area contributed by atoms with Gasteiger partial charge in [-0.3, -0.25) is 9.59 Å². The van der Waals surface area contributed by atoms with Crippen molar-refractivity contribution in [3.05, 3.63) is 64.7 Å². The Labute approximate surface area is 224 Å². The molecular formula is C31H39NO6. The monoisotopic (exact) mass is 521 g/mol. The molecule has 2 heterocycles. The average molecular weight is 522 g/mol. The number of morpholine rings is 1. The van der Waals surface area contributed by atoms with Gasteiger partial charge in [0.25, 0.3) is 5.91 Å². The number of carbonyl (C=O) groups is 2. The van der Waals surface area contributed by atoms with Crippen LogP contribution in [0.5, 0.6) is 5.75 Å². The maximum Gasteiger partial charge on any atom is 0.254 e. The Balaban J connectivity index is 1.17. The van der Waals surface area contributed by atoms with Crippen LogP contribution in [0.3, 0.4) is 0 Å². The van der Waals surface area contributed by atoms with Gasteiger partial charge in [-0.1, -0.05) is 24.3 Å². The van der Waals surface area contributed by atoms with Gasteiger partial charge in [-0.2, -0.15) is 0 Å². The quantitative estimate of drug-likeness (QED) is 0.460. The second-order valence-corrected chi connectivity index (χ2v) is 11.1. The summed E-state index contributed by atoms with van der Waals surface area (Å²) in [7, 11) is 0. The lowest BCUT2D eigenvalue weighted by Crippen LogP contribution is -2.60. The van der Waals surface area contributed by atoms with Crippen molar-refractivity contribution in [3.63, 3.8) is 0 Å². The Bertz CT molecular complexity index is 1110. The Morgan fingerprint density at radius 3 is 2.39 bits per heavy atom. The Morgan fingerprint density at radius 2 is 1.74 bits per heavy atom. The van der Waals surface area contributed by atoms with Crippen molar-refractivity contribution in [2.75, 3.05) is 19.8 Å². The molecule has 7 heteroatoms. The molecule has 0 spiro atoms. The highest BCUT2D eigenvalue weighted by Crippen LogP contribution is 2.32. The van der Waals surface area contributed by atoms with Crippen LogP contribution in [0.15, 0.2) is 42.5 Å². The molecule has 0 radical (unpaired) electrons. The summed E-state index contributed by atoms with van der Waals surface area (Å²) in [5.74, 6) is 0.743. The second kappa shape index (κ2) is 12.0. The molecule has 2 fully saturated rings. The van der Waals surface area contributed by atoms with Gasteiger partial charge in [0.05, 0.1) is 49.7 Å². The number of piperidine rings is 1. The van der Waals surface area contributed by atoms with Gasteiger partial charge in [-0.15, -0.1) is 0 Å². The molecule has 7 nitrogen and oxygen atoms in total. The molecule has 1 amide bonds. The van der Waals surface area contributed by atoms with E-state index in [0.717, 1.165) is 19.3 Å². The van der Waals surface area contributed by atoms with E-state index in [1.54, 1.807) is 18.2 Å². The molecule has 3 aliphatic rings. The number of ketones is 1. The lowest BCUT2D eigenvalue weighted by atomic mass is 9.91. The van der Waals surface area contributed by atoms with E-state index in [1.165, 1.54) is 11.1 Å². The van der Waals surface area contributed by atoms with Crippen LogP contribution < -0.4 is 4.74 Å². The van der Waals surface area contributed by atoms with Gasteiger partial charge < -0.3 is 24.6 Å². The molecule has 2 aromatic carbocycles. The molecule has 3 atom stereocenters. The fourth-order valence-electron chi connectivity index (χ4n) is 6.39. The smallest absolute Gasteiger partial charge is 0.254 e. The standard InChI is InChI=1S/C31H39NO6/c1-2-38-30-15-23(31(36)32-24-16-27(34)17-25(32)19-37-18-24)8-11-28(30)29(35)12-10-26(33)9-7-20-13-21-5-3-4-6-22(21)14-20/h3-6,8,11,15,20,24-27,33-34H,2,7,9-10,12-14,16-19H2,1H3/t24?,25?,26-,27?/m0/s1. The number of fused-ring (bicyclic) bond motifs is 3. The highest BCUT2D eigenvalue weighted by atomic mass is 16.5. The van der Waals surface area contributed by atoms with Crippen molar-refractivity contribution in [2.24, 2.45) is 5.92 Å². The molecule has 1 aliphatic carbocycles. The van der Waals surface area contributed by atoms with E-state index in [4.69, 9.17) is 9.47 Å². The maximum atomic E-state index is 13.4. The first-order valence-electron chi connectivity index (χ1n) is 14.1. The van der Waals surface area contributed by atoms with E-state index in [-0.39, 0.29) is 30.2 Å². The van der Waals surface area contributed by atoms with Crippen LogP contribution in [0.2, 0.25) is 0 Å². The molecule has 2 saturated heterocycles. The van der Waals surface area contributed by atoms with Crippen molar-refractivity contribution in [1.29, 1.82) is 0 Å². The molecule has 0 saturated carbocycles. The van der Waals surface area contributed by atoms with E-state index in [9.17, 15) is 19.8 Å². The summed E-state index contributed by atoms with van der Waals surface area (Å²) in [4.78, 5) is 28.4. The fourth-order valence-corrected chi connectivity index (χ4v) is 6.39. The molecule has 2 aliphatic heterocycles. The summed E-state index contributed by atoms with van der Waals surface area (Å²) in [6, 6.07) is 13.3. The predicted octanol–water partition coefficient (Wildman–Crippen LogP) is 3.97. The van der Waals surface area contributed by atoms with Gasteiger partial charge in [-0.25, -0.2) is 0 Å². The normalized spacial score (nSPS) is 23.7. The average Bonchev–Trinajstić information content (AvgIpc) is 3.33. The van der Waals surface area contributed by atoms with Gasteiger partial charge in [0.15, 0.2) is 5.78 Å². The van der Waals surface area contributed by atoms with Crippen molar-refractivity contribution < 1.29 is 29.3 Å². The van der Waals surface area contributed by atoms with E-state index >= 15 is 0 Å². The van der Waals surface area contributed by atoms with Crippen molar-refractivity contribution >= 4 is 11.7 Å². The van der Waals surface area contributed by atoms with Crippen LogP contribution in [0.25, 0.3) is 0 Å². The fraction of sp³-hybridized carbons (Fsp3) is 0.548. The van der Waals surface area contributed by atoms with Crippen LogP contribution in [0.1, 0.15) is 77.3 Å². The number of hydrogen-bond acceptors (Lipinski definition) is 6. The van der Waals surface area contributed by atoms with Crippen molar-refractivity contribution in [3.8, 4) is 5.75 Å². The number of aliphatic hydroxyl groups excluding tert-OH is 2. The summed E-state index contributed by atoms with van der Waals surface area (Å²) < 4.78 is 11.4. The topological polar surface area (TPSA) is 96.3 Å². The third-order valence-corrected chi connectivity index (χ3v) is 8.31. The largest absolute Gasteiger partial charge is 0.493 e. The summed E-state index contributed by atoms with van der Waals surface area (Å²) in [6.07, 6.45) is 4.49. The zero-order valence-electron chi connectivity index (χ0n) is 22.2. The molecule has 2 N–H and O–H groups in total. The summed E-state index contributed by atoms with van der Waals surface area (Å²) in [5.41, 5.74) is 3.75. The van der Waals surface area contributed by atoms with Gasteiger partial charge in [0.2, 0.25) is 0 Å². The van der Waals surface area contributed by atoms with Gasteiger partial charge >= 0.3 is 0 Å². The summed E-state index contributed by atoms with van der Waals surface area (Å²) in [5, 5.41) is 20.7. The third kappa shape index (κ3) is 5.95. The van der Waals surface area contributed by atoms with Crippen molar-refractivity contribution in [2.45, 2.75) is 82.6 Å². The number of nitrogens with zero attached hydrogens (tertiary/aromatic N) is 1. The molecular weight excluding hydrogens is 482 g/mol. The van der Waals surface area contributed by atoms with Crippen LogP contribution in [0, 0.1) is 5.92 Å².